The molecular formula is C15H12BrClO2S. The van der Waals surface area contributed by atoms with Gasteiger partial charge in [-0.15, -0.1) is 11.8 Å². The number of phenolic OH excluding ortho intramolecular Hbond substituents is 1. The van der Waals surface area contributed by atoms with Crippen LogP contribution in [0.4, 0.5) is 0 Å². The number of hydrogen-bond acceptors (Lipinski definition) is 3. The van der Waals surface area contributed by atoms with Gasteiger partial charge >= 0.3 is 0 Å². The summed E-state index contributed by atoms with van der Waals surface area (Å²) in [5, 5.41) is 10.6. The highest BCUT2D eigenvalue weighted by Crippen LogP contribution is 2.33. The zero-order valence-electron chi connectivity index (χ0n) is 10.7. The third-order valence-electron chi connectivity index (χ3n) is 2.74. The molecule has 0 radical (unpaired) electrons. The highest BCUT2D eigenvalue weighted by molar-refractivity contribution is 9.10. The van der Waals surface area contributed by atoms with Gasteiger partial charge in [0.1, 0.15) is 5.75 Å². The number of rotatable bonds is 4. The molecule has 0 heterocycles. The lowest BCUT2D eigenvalue weighted by molar-refractivity contribution is 0.101. The first-order valence-electron chi connectivity index (χ1n) is 5.88. The molecule has 0 fully saturated rings. The molecule has 0 amide bonds. The second-order valence-corrected chi connectivity index (χ2v) is 6.66. The number of Topliss-reactive ketones (excluding diaryl/α,β-unsaturated/α-hetero) is 1. The molecule has 0 aliphatic carbocycles. The van der Waals surface area contributed by atoms with Crippen molar-refractivity contribution in [3.63, 3.8) is 0 Å². The largest absolute Gasteiger partial charge is 0.507 e. The molecule has 2 aromatic rings. The third-order valence-corrected chi connectivity index (χ3v) is 4.55. The van der Waals surface area contributed by atoms with Crippen LogP contribution in [0.2, 0.25) is 5.02 Å². The van der Waals surface area contributed by atoms with E-state index in [9.17, 15) is 9.90 Å². The van der Waals surface area contributed by atoms with E-state index in [2.05, 4.69) is 15.9 Å². The maximum absolute atomic E-state index is 11.5. The average Bonchev–Trinajstić information content (AvgIpc) is 2.41. The van der Waals surface area contributed by atoms with Crippen LogP contribution < -0.4 is 0 Å². The standard InChI is InChI=1S/C15H12BrClO2S/c1-9(18)14-7-12(17)6-10(15(14)19)8-20-13-4-2-11(16)3-5-13/h2-7,19H,8H2,1H3. The smallest absolute Gasteiger partial charge is 0.163 e. The minimum atomic E-state index is -0.195. The van der Waals surface area contributed by atoms with Gasteiger partial charge in [0.15, 0.2) is 5.78 Å². The van der Waals surface area contributed by atoms with Crippen LogP contribution in [0.3, 0.4) is 0 Å². The van der Waals surface area contributed by atoms with Crippen LogP contribution >= 0.6 is 39.3 Å². The molecule has 1 N–H and O–H groups in total. The number of aromatic hydroxyl groups is 1. The Hall–Kier alpha value is -0.970. The summed E-state index contributed by atoms with van der Waals surface area (Å²) in [5.41, 5.74) is 0.930. The summed E-state index contributed by atoms with van der Waals surface area (Å²) in [6, 6.07) is 11.1. The zero-order chi connectivity index (χ0) is 14.7. The van der Waals surface area contributed by atoms with Crippen LogP contribution in [0, 0.1) is 0 Å². The van der Waals surface area contributed by atoms with Crippen molar-refractivity contribution in [1.29, 1.82) is 0 Å². The normalized spacial score (nSPS) is 10.6. The van der Waals surface area contributed by atoms with Gasteiger partial charge in [0.2, 0.25) is 0 Å². The van der Waals surface area contributed by atoms with Crippen molar-refractivity contribution in [1.82, 2.24) is 0 Å². The lowest BCUT2D eigenvalue weighted by atomic mass is 10.1. The molecule has 0 spiro atoms. The van der Waals surface area contributed by atoms with E-state index in [0.29, 0.717) is 16.3 Å². The molecule has 0 saturated carbocycles. The van der Waals surface area contributed by atoms with Gasteiger partial charge in [-0.25, -0.2) is 0 Å². The molecule has 20 heavy (non-hydrogen) atoms. The van der Waals surface area contributed by atoms with Gasteiger partial charge in [0.25, 0.3) is 0 Å². The first-order chi connectivity index (χ1) is 9.47. The van der Waals surface area contributed by atoms with Crippen molar-refractivity contribution in [2.75, 3.05) is 0 Å². The van der Waals surface area contributed by atoms with Crippen molar-refractivity contribution in [3.05, 3.63) is 57.0 Å². The highest BCUT2D eigenvalue weighted by atomic mass is 79.9. The molecular weight excluding hydrogens is 360 g/mol. The molecule has 2 nitrogen and oxygen atoms in total. The Balaban J connectivity index is 2.21. The number of carbonyl (C=O) groups excluding carboxylic acids is 1. The van der Waals surface area contributed by atoms with E-state index in [4.69, 9.17) is 11.6 Å². The van der Waals surface area contributed by atoms with Crippen LogP contribution in [-0.2, 0) is 5.75 Å². The number of benzene rings is 2. The maximum Gasteiger partial charge on any atom is 0.163 e. The summed E-state index contributed by atoms with van der Waals surface area (Å²) in [6.07, 6.45) is 0. The van der Waals surface area contributed by atoms with Gasteiger partial charge in [0, 0.05) is 25.7 Å². The molecule has 0 atom stereocenters. The van der Waals surface area contributed by atoms with E-state index in [1.807, 2.05) is 24.3 Å². The topological polar surface area (TPSA) is 37.3 Å². The van der Waals surface area contributed by atoms with E-state index >= 15 is 0 Å². The van der Waals surface area contributed by atoms with Crippen LogP contribution in [0.25, 0.3) is 0 Å². The van der Waals surface area contributed by atoms with Gasteiger partial charge in [-0.3, -0.25) is 4.79 Å². The average molecular weight is 372 g/mol. The SMILES string of the molecule is CC(=O)c1cc(Cl)cc(CSc2ccc(Br)cc2)c1O. The molecule has 0 aliphatic heterocycles. The minimum absolute atomic E-state index is 0.0199. The molecule has 0 bridgehead atoms. The van der Waals surface area contributed by atoms with E-state index in [-0.39, 0.29) is 17.1 Å². The lowest BCUT2D eigenvalue weighted by Crippen LogP contribution is -1.96. The molecule has 0 unspecified atom stereocenters. The third kappa shape index (κ3) is 3.78. The van der Waals surface area contributed by atoms with Crippen LogP contribution in [0.1, 0.15) is 22.8 Å². The molecule has 0 aromatic heterocycles. The van der Waals surface area contributed by atoms with Gasteiger partial charge in [-0.2, -0.15) is 0 Å². The summed E-state index contributed by atoms with van der Waals surface area (Å²) in [7, 11) is 0. The summed E-state index contributed by atoms with van der Waals surface area (Å²) in [4.78, 5) is 12.5. The fraction of sp³-hybridized carbons (Fsp3) is 0.133. The van der Waals surface area contributed by atoms with Gasteiger partial charge in [-0.05, 0) is 43.3 Å². The number of phenols is 1. The van der Waals surface area contributed by atoms with Crippen LogP contribution in [-0.4, -0.2) is 10.9 Å². The molecule has 0 saturated heterocycles. The zero-order valence-corrected chi connectivity index (χ0v) is 13.8. The number of halogens is 2. The number of ketones is 1. The molecule has 0 aliphatic rings. The van der Waals surface area contributed by atoms with Gasteiger partial charge in [-0.1, -0.05) is 27.5 Å². The molecule has 2 aromatic carbocycles. The maximum atomic E-state index is 11.5. The van der Waals surface area contributed by atoms with E-state index in [1.54, 1.807) is 17.8 Å². The molecule has 2 rings (SSSR count). The lowest BCUT2D eigenvalue weighted by Gasteiger charge is -2.09. The fourth-order valence-electron chi connectivity index (χ4n) is 1.73. The van der Waals surface area contributed by atoms with Crippen molar-refractivity contribution >= 4 is 45.1 Å². The summed E-state index contributed by atoms with van der Waals surface area (Å²) in [6.45, 7) is 1.41. The Labute approximate surface area is 135 Å². The predicted molar refractivity (Wildman–Crippen MR) is 86.8 cm³/mol. The molecule has 104 valence electrons. The second-order valence-electron chi connectivity index (χ2n) is 4.26. The quantitative estimate of drug-likeness (QED) is 0.585. The monoisotopic (exact) mass is 370 g/mol. The van der Waals surface area contributed by atoms with Crippen LogP contribution in [0.15, 0.2) is 45.8 Å². The van der Waals surface area contributed by atoms with Crippen molar-refractivity contribution < 1.29 is 9.90 Å². The summed E-state index contributed by atoms with van der Waals surface area (Å²) >= 11 is 10.9. The number of hydrogen-bond donors (Lipinski definition) is 1. The van der Waals surface area contributed by atoms with Crippen molar-refractivity contribution in [3.8, 4) is 5.75 Å². The first kappa shape index (κ1) is 15.4. The van der Waals surface area contributed by atoms with Crippen molar-refractivity contribution in [2.45, 2.75) is 17.6 Å². The Morgan fingerprint density at radius 1 is 1.30 bits per heavy atom. The minimum Gasteiger partial charge on any atom is -0.507 e. The number of carbonyl (C=O) groups is 1. The predicted octanol–water partition coefficient (Wildman–Crippen LogP) is 5.30. The second kappa shape index (κ2) is 6.66. The van der Waals surface area contributed by atoms with Gasteiger partial charge < -0.3 is 5.11 Å². The fourth-order valence-corrected chi connectivity index (χ4v) is 3.10. The van der Waals surface area contributed by atoms with Crippen LogP contribution in [0.5, 0.6) is 5.75 Å². The summed E-state index contributed by atoms with van der Waals surface area (Å²) in [5.74, 6) is 0.375. The van der Waals surface area contributed by atoms with E-state index in [1.165, 1.54) is 13.0 Å². The van der Waals surface area contributed by atoms with E-state index in [0.717, 1.165) is 9.37 Å². The first-order valence-corrected chi connectivity index (χ1v) is 8.03. The Morgan fingerprint density at radius 3 is 2.55 bits per heavy atom. The highest BCUT2D eigenvalue weighted by Gasteiger charge is 2.13. The van der Waals surface area contributed by atoms with E-state index < -0.39 is 0 Å². The Bertz CT molecular complexity index is 641. The summed E-state index contributed by atoms with van der Waals surface area (Å²) < 4.78 is 1.02. The molecule has 5 heteroatoms. The van der Waals surface area contributed by atoms with Crippen molar-refractivity contribution in [2.24, 2.45) is 0 Å². The van der Waals surface area contributed by atoms with Gasteiger partial charge in [0.05, 0.1) is 5.56 Å². The Morgan fingerprint density at radius 2 is 1.95 bits per heavy atom. The Kier molecular flexibility index (Phi) is 5.13. The number of thioether (sulfide) groups is 1.